The molecule has 0 bridgehead atoms. The van der Waals surface area contributed by atoms with Crippen molar-refractivity contribution in [2.75, 3.05) is 20.4 Å². The van der Waals surface area contributed by atoms with Gasteiger partial charge in [-0.15, -0.1) is 0 Å². The standard InChI is InChI=1S/C19H18FNO3/c1-23-18-11-15(24-10-9-20)7-5-14(18)12-21-19(22)17-8-6-13-3-2-4-16(13)17/h2-8,11H,9-10,12H2,1H3,(H,21,22). The molecule has 1 aromatic rings. The van der Waals surface area contributed by atoms with Gasteiger partial charge in [-0.3, -0.25) is 4.79 Å². The Morgan fingerprint density at radius 1 is 1.25 bits per heavy atom. The highest BCUT2D eigenvalue weighted by Gasteiger charge is 2.20. The molecule has 4 nitrogen and oxygen atoms in total. The number of carbonyl (C=O) groups excluding carboxylic acids is 1. The summed E-state index contributed by atoms with van der Waals surface area (Å²) in [6.45, 7) is -0.208. The third-order valence-electron chi connectivity index (χ3n) is 3.86. The molecule has 124 valence electrons. The monoisotopic (exact) mass is 327 g/mol. The highest BCUT2D eigenvalue weighted by Crippen LogP contribution is 2.30. The van der Waals surface area contributed by atoms with Crippen molar-refractivity contribution < 1.29 is 18.7 Å². The predicted octanol–water partition coefficient (Wildman–Crippen LogP) is 3.02. The van der Waals surface area contributed by atoms with Crippen LogP contribution in [0.5, 0.6) is 11.5 Å². The van der Waals surface area contributed by atoms with Gasteiger partial charge in [0, 0.05) is 23.7 Å². The molecule has 5 heteroatoms. The van der Waals surface area contributed by atoms with E-state index in [1.54, 1.807) is 25.3 Å². The SMILES string of the molecule is COc1cc(OCCF)ccc1CNC(=O)C1=C2C=CC=C2C=C1. The van der Waals surface area contributed by atoms with E-state index in [1.807, 2.05) is 30.4 Å². The van der Waals surface area contributed by atoms with Crippen molar-refractivity contribution in [1.29, 1.82) is 0 Å². The number of alkyl halides is 1. The number of fused-ring (bicyclic) bond motifs is 1. The van der Waals surface area contributed by atoms with Crippen LogP contribution in [0.4, 0.5) is 4.39 Å². The third-order valence-corrected chi connectivity index (χ3v) is 3.86. The minimum absolute atomic E-state index is 0.00583. The Morgan fingerprint density at radius 2 is 2.12 bits per heavy atom. The van der Waals surface area contributed by atoms with E-state index in [0.29, 0.717) is 23.6 Å². The Kier molecular flexibility index (Phi) is 4.79. The number of hydrogen-bond acceptors (Lipinski definition) is 3. The first kappa shape index (κ1) is 16.1. The normalized spacial score (nSPS) is 14.7. The summed E-state index contributed by atoms with van der Waals surface area (Å²) >= 11 is 0. The Balaban J connectivity index is 1.67. The van der Waals surface area contributed by atoms with E-state index in [2.05, 4.69) is 5.32 Å². The summed E-state index contributed by atoms with van der Waals surface area (Å²) in [6.07, 6.45) is 9.60. The van der Waals surface area contributed by atoms with Crippen LogP contribution in [0, 0.1) is 0 Å². The quantitative estimate of drug-likeness (QED) is 0.837. The fourth-order valence-electron chi connectivity index (χ4n) is 2.67. The van der Waals surface area contributed by atoms with Gasteiger partial charge >= 0.3 is 0 Å². The number of hydrogen-bond donors (Lipinski definition) is 1. The zero-order valence-electron chi connectivity index (χ0n) is 13.3. The van der Waals surface area contributed by atoms with Crippen molar-refractivity contribution >= 4 is 5.91 Å². The first-order valence-corrected chi connectivity index (χ1v) is 7.68. The maximum Gasteiger partial charge on any atom is 0.252 e. The minimum atomic E-state index is -0.546. The van der Waals surface area contributed by atoms with Crippen LogP contribution in [0.15, 0.2) is 65.3 Å². The molecular formula is C19H18FNO3. The Hall–Kier alpha value is -2.82. The van der Waals surface area contributed by atoms with Gasteiger partial charge in [0.1, 0.15) is 24.8 Å². The molecule has 24 heavy (non-hydrogen) atoms. The maximum absolute atomic E-state index is 12.4. The molecule has 1 amide bonds. The zero-order chi connectivity index (χ0) is 16.9. The predicted molar refractivity (Wildman–Crippen MR) is 89.7 cm³/mol. The van der Waals surface area contributed by atoms with Gasteiger partial charge in [-0.05, 0) is 29.4 Å². The maximum atomic E-state index is 12.4. The molecule has 3 rings (SSSR count). The van der Waals surface area contributed by atoms with Gasteiger partial charge in [0.25, 0.3) is 5.91 Å². The first-order chi connectivity index (χ1) is 11.7. The van der Waals surface area contributed by atoms with Gasteiger partial charge in [-0.1, -0.05) is 24.3 Å². The van der Waals surface area contributed by atoms with Gasteiger partial charge in [0.05, 0.1) is 7.11 Å². The van der Waals surface area contributed by atoms with Gasteiger partial charge < -0.3 is 14.8 Å². The number of benzene rings is 1. The van der Waals surface area contributed by atoms with Crippen LogP contribution in [-0.2, 0) is 11.3 Å². The number of rotatable bonds is 7. The Bertz CT molecular complexity index is 775. The lowest BCUT2D eigenvalue weighted by Crippen LogP contribution is -2.24. The van der Waals surface area contributed by atoms with E-state index >= 15 is 0 Å². The summed E-state index contributed by atoms with van der Waals surface area (Å²) in [5.41, 5.74) is 3.50. The van der Waals surface area contributed by atoms with Crippen molar-refractivity contribution in [2.24, 2.45) is 0 Å². The molecule has 0 atom stereocenters. The molecular weight excluding hydrogens is 309 g/mol. The third kappa shape index (κ3) is 3.25. The summed E-state index contributed by atoms with van der Waals surface area (Å²) in [5.74, 6) is 0.998. The molecule has 1 N–H and O–H groups in total. The Morgan fingerprint density at radius 3 is 2.92 bits per heavy atom. The number of amides is 1. The second-order valence-electron chi connectivity index (χ2n) is 5.34. The van der Waals surface area contributed by atoms with Crippen LogP contribution in [0.25, 0.3) is 0 Å². The average molecular weight is 327 g/mol. The summed E-state index contributed by atoms with van der Waals surface area (Å²) in [5, 5.41) is 2.90. The van der Waals surface area contributed by atoms with Crippen LogP contribution in [0.3, 0.4) is 0 Å². The van der Waals surface area contributed by atoms with Crippen molar-refractivity contribution in [1.82, 2.24) is 5.32 Å². The second kappa shape index (κ2) is 7.17. The largest absolute Gasteiger partial charge is 0.496 e. The van der Waals surface area contributed by atoms with Gasteiger partial charge in [-0.25, -0.2) is 4.39 Å². The van der Waals surface area contributed by atoms with Crippen LogP contribution >= 0.6 is 0 Å². The number of methoxy groups -OCH3 is 1. The smallest absolute Gasteiger partial charge is 0.252 e. The minimum Gasteiger partial charge on any atom is -0.496 e. The number of ether oxygens (including phenoxy) is 2. The Labute approximate surface area is 140 Å². The van der Waals surface area contributed by atoms with Crippen LogP contribution in [0.2, 0.25) is 0 Å². The van der Waals surface area contributed by atoms with Crippen LogP contribution in [-0.4, -0.2) is 26.3 Å². The lowest BCUT2D eigenvalue weighted by atomic mass is 10.1. The van der Waals surface area contributed by atoms with Crippen molar-refractivity contribution in [3.8, 4) is 11.5 Å². The van der Waals surface area contributed by atoms with Crippen molar-refractivity contribution in [2.45, 2.75) is 6.54 Å². The zero-order valence-corrected chi connectivity index (χ0v) is 13.3. The van der Waals surface area contributed by atoms with E-state index < -0.39 is 6.67 Å². The highest BCUT2D eigenvalue weighted by atomic mass is 19.1. The lowest BCUT2D eigenvalue weighted by Gasteiger charge is -2.12. The van der Waals surface area contributed by atoms with E-state index in [4.69, 9.17) is 9.47 Å². The van der Waals surface area contributed by atoms with Crippen LogP contribution in [0.1, 0.15) is 5.56 Å². The molecule has 2 aliphatic rings. The molecule has 0 heterocycles. The molecule has 1 aromatic carbocycles. The number of nitrogens with one attached hydrogen (secondary N) is 1. The van der Waals surface area contributed by atoms with Crippen molar-refractivity contribution in [3.63, 3.8) is 0 Å². The van der Waals surface area contributed by atoms with E-state index in [-0.39, 0.29) is 12.5 Å². The second-order valence-corrected chi connectivity index (χ2v) is 5.34. The fraction of sp³-hybridized carbons (Fsp3) is 0.211. The van der Waals surface area contributed by atoms with Crippen LogP contribution < -0.4 is 14.8 Å². The first-order valence-electron chi connectivity index (χ1n) is 7.68. The number of allylic oxidation sites excluding steroid dienone is 6. The fourth-order valence-corrected chi connectivity index (χ4v) is 2.67. The van der Waals surface area contributed by atoms with Gasteiger partial charge in [0.15, 0.2) is 0 Å². The molecule has 0 fully saturated rings. The molecule has 0 aliphatic heterocycles. The molecule has 0 saturated heterocycles. The van der Waals surface area contributed by atoms with Gasteiger partial charge in [0.2, 0.25) is 0 Å². The lowest BCUT2D eigenvalue weighted by molar-refractivity contribution is -0.117. The van der Waals surface area contributed by atoms with E-state index in [1.165, 1.54) is 0 Å². The summed E-state index contributed by atoms with van der Waals surface area (Å²) < 4.78 is 22.7. The molecule has 0 saturated carbocycles. The summed E-state index contributed by atoms with van der Waals surface area (Å²) in [6, 6.07) is 5.22. The van der Waals surface area contributed by atoms with E-state index in [9.17, 15) is 9.18 Å². The van der Waals surface area contributed by atoms with E-state index in [0.717, 1.165) is 16.7 Å². The topological polar surface area (TPSA) is 47.6 Å². The molecule has 0 aromatic heterocycles. The average Bonchev–Trinajstić information content (AvgIpc) is 3.21. The van der Waals surface area contributed by atoms with Gasteiger partial charge in [-0.2, -0.15) is 0 Å². The number of halogens is 1. The molecule has 2 aliphatic carbocycles. The summed E-state index contributed by atoms with van der Waals surface area (Å²) in [4.78, 5) is 12.4. The highest BCUT2D eigenvalue weighted by molar-refractivity contribution is 6.00. The molecule has 0 unspecified atom stereocenters. The molecule has 0 spiro atoms. The summed E-state index contributed by atoms with van der Waals surface area (Å²) in [7, 11) is 1.55. The van der Waals surface area contributed by atoms with Crippen molar-refractivity contribution in [3.05, 3.63) is 70.9 Å². The molecule has 0 radical (unpaired) electrons. The number of carbonyl (C=O) groups is 1.